The van der Waals surface area contributed by atoms with Gasteiger partial charge in [0.2, 0.25) is 6.10 Å². The molecule has 5 rings (SSSR count). The van der Waals surface area contributed by atoms with E-state index in [1.165, 1.54) is 12.1 Å². The Morgan fingerprint density at radius 2 is 1.53 bits per heavy atom. The number of carbonyl (C=O) groups excluding carboxylic acids is 2. The number of imide groups is 1. The van der Waals surface area contributed by atoms with E-state index >= 15 is 0 Å². The SMILES string of the molecule is O=C1OCC(c2ccccc2)(c2ccccc2)N1C(=O)C1CC(c2ccc(F)cc2)=NO1. The Labute approximate surface area is 183 Å². The number of hydrogen-bond acceptors (Lipinski definition) is 5. The van der Waals surface area contributed by atoms with E-state index in [4.69, 9.17) is 9.57 Å². The molecule has 3 aromatic carbocycles. The molecule has 0 saturated carbocycles. The number of nitrogens with zero attached hydrogens (tertiary/aromatic N) is 2. The van der Waals surface area contributed by atoms with Crippen molar-refractivity contribution in [2.24, 2.45) is 5.16 Å². The lowest BCUT2D eigenvalue weighted by Gasteiger charge is -2.35. The van der Waals surface area contributed by atoms with Gasteiger partial charge in [-0.25, -0.2) is 14.1 Å². The summed E-state index contributed by atoms with van der Waals surface area (Å²) in [6.07, 6.45) is -1.57. The first-order valence-corrected chi connectivity index (χ1v) is 10.2. The van der Waals surface area contributed by atoms with E-state index in [1.54, 1.807) is 12.1 Å². The van der Waals surface area contributed by atoms with E-state index in [0.29, 0.717) is 11.3 Å². The minimum atomic E-state index is -1.13. The molecular formula is C25H19FN2O4. The topological polar surface area (TPSA) is 68.2 Å². The number of oxime groups is 1. The van der Waals surface area contributed by atoms with Crippen molar-refractivity contribution in [1.29, 1.82) is 0 Å². The maximum Gasteiger partial charge on any atom is 0.417 e. The van der Waals surface area contributed by atoms with Crippen molar-refractivity contribution in [2.75, 3.05) is 6.61 Å². The van der Waals surface area contributed by atoms with Crippen LogP contribution in [0.25, 0.3) is 0 Å². The van der Waals surface area contributed by atoms with Gasteiger partial charge in [0.05, 0.1) is 5.71 Å². The quantitative estimate of drug-likeness (QED) is 0.621. The first kappa shape index (κ1) is 19.9. The van der Waals surface area contributed by atoms with Gasteiger partial charge in [-0.15, -0.1) is 0 Å². The van der Waals surface area contributed by atoms with Gasteiger partial charge in [0.1, 0.15) is 18.0 Å². The van der Waals surface area contributed by atoms with Crippen molar-refractivity contribution in [1.82, 2.24) is 4.90 Å². The third-order valence-corrected chi connectivity index (χ3v) is 5.81. The molecule has 1 atom stereocenters. The number of rotatable bonds is 4. The fraction of sp³-hybridized carbons (Fsp3) is 0.160. The summed E-state index contributed by atoms with van der Waals surface area (Å²) < 4.78 is 18.7. The summed E-state index contributed by atoms with van der Waals surface area (Å²) in [6, 6.07) is 24.4. The van der Waals surface area contributed by atoms with E-state index in [1.807, 2.05) is 60.7 Å². The molecule has 3 aromatic rings. The number of benzene rings is 3. The van der Waals surface area contributed by atoms with Gasteiger partial charge in [-0.3, -0.25) is 4.79 Å². The second-order valence-corrected chi connectivity index (χ2v) is 7.66. The maximum absolute atomic E-state index is 13.6. The molecule has 32 heavy (non-hydrogen) atoms. The molecule has 2 amide bonds. The van der Waals surface area contributed by atoms with Crippen molar-refractivity contribution >= 4 is 17.7 Å². The summed E-state index contributed by atoms with van der Waals surface area (Å²) in [6.45, 7) is -0.00992. The van der Waals surface area contributed by atoms with Crippen LogP contribution in [0.15, 0.2) is 90.1 Å². The van der Waals surface area contributed by atoms with Crippen molar-refractivity contribution in [3.05, 3.63) is 107 Å². The van der Waals surface area contributed by atoms with E-state index in [9.17, 15) is 14.0 Å². The summed E-state index contributed by atoms with van der Waals surface area (Å²) in [5.41, 5.74) is 1.55. The third-order valence-electron chi connectivity index (χ3n) is 5.81. The average Bonchev–Trinajstić information content (AvgIpc) is 3.46. The lowest BCUT2D eigenvalue weighted by Crippen LogP contribution is -2.52. The minimum absolute atomic E-state index is 0.00992. The Morgan fingerprint density at radius 1 is 0.938 bits per heavy atom. The van der Waals surface area contributed by atoms with Gasteiger partial charge < -0.3 is 9.57 Å². The highest BCUT2D eigenvalue weighted by atomic mass is 19.1. The monoisotopic (exact) mass is 430 g/mol. The van der Waals surface area contributed by atoms with Gasteiger partial charge in [0.15, 0.2) is 0 Å². The summed E-state index contributed by atoms with van der Waals surface area (Å²) in [5.74, 6) is -0.905. The molecule has 7 heteroatoms. The van der Waals surface area contributed by atoms with Crippen LogP contribution in [0.4, 0.5) is 9.18 Å². The normalized spacial score (nSPS) is 19.3. The van der Waals surface area contributed by atoms with Crippen LogP contribution >= 0.6 is 0 Å². The summed E-state index contributed by atoms with van der Waals surface area (Å²) in [4.78, 5) is 33.1. The smallest absolute Gasteiger partial charge is 0.417 e. The summed E-state index contributed by atoms with van der Waals surface area (Å²) in [7, 11) is 0. The predicted molar refractivity (Wildman–Crippen MR) is 114 cm³/mol. The van der Waals surface area contributed by atoms with Gasteiger partial charge in [-0.05, 0) is 28.8 Å². The van der Waals surface area contributed by atoms with Gasteiger partial charge in [0.25, 0.3) is 5.91 Å². The minimum Gasteiger partial charge on any atom is -0.446 e. The molecule has 1 unspecified atom stereocenters. The molecule has 2 aliphatic heterocycles. The summed E-state index contributed by atoms with van der Waals surface area (Å²) >= 11 is 0. The fourth-order valence-corrected chi connectivity index (χ4v) is 4.22. The first-order chi connectivity index (χ1) is 15.6. The average molecular weight is 430 g/mol. The lowest BCUT2D eigenvalue weighted by molar-refractivity contribution is -0.141. The van der Waals surface area contributed by atoms with Crippen LogP contribution in [-0.4, -0.2) is 35.3 Å². The zero-order valence-corrected chi connectivity index (χ0v) is 17.0. The van der Waals surface area contributed by atoms with Crippen molar-refractivity contribution in [3.63, 3.8) is 0 Å². The lowest BCUT2D eigenvalue weighted by atomic mass is 9.82. The Balaban J connectivity index is 1.50. The summed E-state index contributed by atoms with van der Waals surface area (Å²) in [5, 5.41) is 4.02. The van der Waals surface area contributed by atoms with Crippen LogP contribution in [0.2, 0.25) is 0 Å². The van der Waals surface area contributed by atoms with Crippen LogP contribution in [0, 0.1) is 5.82 Å². The molecule has 160 valence electrons. The molecule has 2 heterocycles. The molecule has 0 aliphatic carbocycles. The zero-order valence-electron chi connectivity index (χ0n) is 17.0. The Bertz CT molecular complexity index is 1140. The number of ether oxygens (including phenoxy) is 1. The highest BCUT2D eigenvalue weighted by Crippen LogP contribution is 2.42. The van der Waals surface area contributed by atoms with Crippen LogP contribution in [0.1, 0.15) is 23.1 Å². The van der Waals surface area contributed by atoms with E-state index in [-0.39, 0.29) is 18.8 Å². The van der Waals surface area contributed by atoms with E-state index in [0.717, 1.165) is 16.0 Å². The zero-order chi connectivity index (χ0) is 22.1. The second kappa shape index (κ2) is 7.92. The number of cyclic esters (lactones) is 1. The number of carbonyl (C=O) groups is 2. The number of hydrogen-bond donors (Lipinski definition) is 0. The Morgan fingerprint density at radius 3 is 2.12 bits per heavy atom. The van der Waals surface area contributed by atoms with Gasteiger partial charge in [0, 0.05) is 6.42 Å². The predicted octanol–water partition coefficient (Wildman–Crippen LogP) is 4.24. The molecule has 0 N–H and O–H groups in total. The molecular weight excluding hydrogens is 411 g/mol. The largest absolute Gasteiger partial charge is 0.446 e. The van der Waals surface area contributed by atoms with Crippen LogP contribution in [0.3, 0.4) is 0 Å². The second-order valence-electron chi connectivity index (χ2n) is 7.66. The number of halogens is 1. The van der Waals surface area contributed by atoms with Crippen LogP contribution < -0.4 is 0 Å². The molecule has 1 saturated heterocycles. The molecule has 1 fully saturated rings. The molecule has 6 nitrogen and oxygen atoms in total. The van der Waals surface area contributed by atoms with Gasteiger partial charge >= 0.3 is 6.09 Å². The van der Waals surface area contributed by atoms with Crippen LogP contribution in [0.5, 0.6) is 0 Å². The maximum atomic E-state index is 13.6. The standard InChI is InChI=1S/C25H19FN2O4/c26-20-13-11-17(12-14-20)21-15-22(32-27-21)23(29)28-24(30)31-16-25(28,18-7-3-1-4-8-18)19-9-5-2-6-10-19/h1-14,22H,15-16H2. The fourth-order valence-electron chi connectivity index (χ4n) is 4.22. The molecule has 2 aliphatic rings. The molecule has 0 spiro atoms. The molecule has 0 bridgehead atoms. The number of amides is 2. The van der Waals surface area contributed by atoms with Gasteiger partial charge in [-0.2, -0.15) is 0 Å². The highest BCUT2D eigenvalue weighted by Gasteiger charge is 2.55. The van der Waals surface area contributed by atoms with E-state index in [2.05, 4.69) is 5.16 Å². The third kappa shape index (κ3) is 3.22. The van der Waals surface area contributed by atoms with E-state index < -0.39 is 23.6 Å². The van der Waals surface area contributed by atoms with Crippen molar-refractivity contribution < 1.29 is 23.6 Å². The first-order valence-electron chi connectivity index (χ1n) is 10.2. The Kier molecular flexibility index (Phi) is 4.93. The van der Waals surface area contributed by atoms with Crippen molar-refractivity contribution in [3.8, 4) is 0 Å². The Hall–Kier alpha value is -4.00. The van der Waals surface area contributed by atoms with Gasteiger partial charge in [-0.1, -0.05) is 78.0 Å². The van der Waals surface area contributed by atoms with Crippen LogP contribution in [-0.2, 0) is 19.9 Å². The molecule has 0 radical (unpaired) electrons. The molecule has 0 aromatic heterocycles. The van der Waals surface area contributed by atoms with Crippen molar-refractivity contribution in [2.45, 2.75) is 18.1 Å². The highest BCUT2D eigenvalue weighted by molar-refractivity contribution is 6.06.